The van der Waals surface area contributed by atoms with Crippen molar-refractivity contribution in [2.75, 3.05) is 0 Å². The van der Waals surface area contributed by atoms with Gasteiger partial charge in [-0.1, -0.05) is 153 Å². The van der Waals surface area contributed by atoms with Gasteiger partial charge in [-0.25, -0.2) is 0 Å². The summed E-state index contributed by atoms with van der Waals surface area (Å²) in [5, 5.41) is 0. The van der Waals surface area contributed by atoms with Gasteiger partial charge in [0.1, 0.15) is 0 Å². The fraction of sp³-hybridized carbons (Fsp3) is 0.212. The van der Waals surface area contributed by atoms with Crippen LogP contribution in [0.3, 0.4) is 0 Å². The molecule has 0 spiro atoms. The summed E-state index contributed by atoms with van der Waals surface area (Å²) in [6, 6.07) is 32.4. The molecule has 0 heteroatoms. The van der Waals surface area contributed by atoms with E-state index in [4.69, 9.17) is 0 Å². The standard InChI is InChI=1S/C33H34/c1-27(30-17-8-4-9-18-30)32(31-19-10-5-11-20-31)26-29-21-24-33(2,25-22-29)23-13-12-16-28-14-6-3-7-15-28/h3-24,27,32H,25-26H2,1-2H3/b16-12+,23-13+/t27?,32-,33?/m1/s1. The first-order valence-electron chi connectivity index (χ1n) is 12.0. The second-order valence-corrected chi connectivity index (χ2v) is 9.37. The van der Waals surface area contributed by atoms with E-state index in [0.717, 1.165) is 12.8 Å². The molecule has 0 heterocycles. The molecule has 3 aromatic rings. The SMILES string of the molecule is CC(c1ccccc1)[C@@H](CC1=CCC(C)(/C=C/C=C/c2ccccc2)C=C1)c1ccccc1. The molecule has 0 aliphatic heterocycles. The van der Waals surface area contributed by atoms with Crippen molar-refractivity contribution in [1.82, 2.24) is 0 Å². The molecule has 33 heavy (non-hydrogen) atoms. The van der Waals surface area contributed by atoms with Gasteiger partial charge in [-0.2, -0.15) is 0 Å². The molecule has 1 aliphatic rings. The van der Waals surface area contributed by atoms with E-state index in [1.165, 1.54) is 22.3 Å². The Hall–Kier alpha value is -3.38. The Labute approximate surface area is 199 Å². The van der Waals surface area contributed by atoms with Crippen LogP contribution in [0, 0.1) is 5.41 Å². The maximum absolute atomic E-state index is 2.44. The maximum atomic E-state index is 2.44. The predicted molar refractivity (Wildman–Crippen MR) is 143 cm³/mol. The first-order chi connectivity index (χ1) is 16.1. The molecule has 3 aromatic carbocycles. The highest BCUT2D eigenvalue weighted by atomic mass is 14.3. The minimum absolute atomic E-state index is 0.0673. The van der Waals surface area contributed by atoms with E-state index >= 15 is 0 Å². The molecule has 0 saturated heterocycles. The second kappa shape index (κ2) is 11.0. The molecular weight excluding hydrogens is 396 g/mol. The van der Waals surface area contributed by atoms with Crippen molar-refractivity contribution in [2.45, 2.75) is 38.5 Å². The summed E-state index contributed by atoms with van der Waals surface area (Å²) < 4.78 is 0. The van der Waals surface area contributed by atoms with Gasteiger partial charge in [0.05, 0.1) is 0 Å². The molecule has 0 amide bonds. The van der Waals surface area contributed by atoms with Gasteiger partial charge in [0.2, 0.25) is 0 Å². The molecule has 1 aliphatic carbocycles. The van der Waals surface area contributed by atoms with Gasteiger partial charge in [-0.15, -0.1) is 0 Å². The van der Waals surface area contributed by atoms with Crippen LogP contribution in [0.15, 0.2) is 133 Å². The summed E-state index contributed by atoms with van der Waals surface area (Å²) in [6.07, 6.45) is 18.1. The van der Waals surface area contributed by atoms with E-state index in [0.29, 0.717) is 11.8 Å². The highest BCUT2D eigenvalue weighted by Gasteiger charge is 2.24. The monoisotopic (exact) mass is 430 g/mol. The fourth-order valence-corrected chi connectivity index (χ4v) is 4.59. The molecule has 166 valence electrons. The number of allylic oxidation sites excluding steroid dienone is 7. The third-order valence-corrected chi connectivity index (χ3v) is 6.77. The predicted octanol–water partition coefficient (Wildman–Crippen LogP) is 9.13. The maximum Gasteiger partial charge on any atom is 0.00736 e. The van der Waals surface area contributed by atoms with Gasteiger partial charge in [0.25, 0.3) is 0 Å². The zero-order valence-corrected chi connectivity index (χ0v) is 19.8. The van der Waals surface area contributed by atoms with Crippen LogP contribution in [0.4, 0.5) is 0 Å². The molecule has 0 radical (unpaired) electrons. The zero-order valence-electron chi connectivity index (χ0n) is 19.8. The van der Waals surface area contributed by atoms with Gasteiger partial charge in [0.15, 0.2) is 0 Å². The lowest BCUT2D eigenvalue weighted by Gasteiger charge is -2.29. The van der Waals surface area contributed by atoms with Crippen molar-refractivity contribution >= 4 is 6.08 Å². The summed E-state index contributed by atoms with van der Waals surface area (Å²) in [4.78, 5) is 0. The molecule has 3 atom stereocenters. The number of benzene rings is 3. The molecule has 0 aromatic heterocycles. The highest BCUT2D eigenvalue weighted by molar-refractivity contribution is 5.50. The van der Waals surface area contributed by atoms with Crippen LogP contribution >= 0.6 is 0 Å². The number of hydrogen-bond donors (Lipinski definition) is 0. The molecule has 0 bridgehead atoms. The van der Waals surface area contributed by atoms with Crippen LogP contribution in [-0.4, -0.2) is 0 Å². The largest absolute Gasteiger partial charge is 0.0801 e. The number of hydrogen-bond acceptors (Lipinski definition) is 0. The minimum Gasteiger partial charge on any atom is -0.0801 e. The lowest BCUT2D eigenvalue weighted by molar-refractivity contribution is 0.537. The highest BCUT2D eigenvalue weighted by Crippen LogP contribution is 2.40. The first kappa shape index (κ1) is 22.8. The Morgan fingerprint density at radius 3 is 2.00 bits per heavy atom. The fourth-order valence-electron chi connectivity index (χ4n) is 4.59. The van der Waals surface area contributed by atoms with Crippen LogP contribution in [0.2, 0.25) is 0 Å². The molecule has 0 fully saturated rings. The Balaban J connectivity index is 1.44. The van der Waals surface area contributed by atoms with Gasteiger partial charge in [-0.05, 0) is 41.4 Å². The van der Waals surface area contributed by atoms with Crippen LogP contribution in [0.1, 0.15) is 55.2 Å². The molecule has 2 unspecified atom stereocenters. The van der Waals surface area contributed by atoms with Crippen LogP contribution in [-0.2, 0) is 0 Å². The summed E-state index contributed by atoms with van der Waals surface area (Å²) in [5.74, 6) is 0.914. The van der Waals surface area contributed by atoms with Gasteiger partial charge in [-0.3, -0.25) is 0 Å². The van der Waals surface area contributed by atoms with Crippen molar-refractivity contribution in [3.8, 4) is 0 Å². The topological polar surface area (TPSA) is 0 Å². The van der Waals surface area contributed by atoms with E-state index in [1.54, 1.807) is 0 Å². The van der Waals surface area contributed by atoms with E-state index < -0.39 is 0 Å². The smallest absolute Gasteiger partial charge is 0.00736 e. The average Bonchev–Trinajstić information content (AvgIpc) is 2.88. The molecule has 0 saturated carbocycles. The van der Waals surface area contributed by atoms with Crippen molar-refractivity contribution in [1.29, 1.82) is 0 Å². The number of rotatable bonds is 8. The average molecular weight is 431 g/mol. The second-order valence-electron chi connectivity index (χ2n) is 9.37. The Morgan fingerprint density at radius 1 is 0.788 bits per heavy atom. The summed E-state index contributed by atoms with van der Waals surface area (Å²) >= 11 is 0. The molecular formula is C33H34. The lowest BCUT2D eigenvalue weighted by atomic mass is 9.76. The van der Waals surface area contributed by atoms with Crippen molar-refractivity contribution in [3.05, 3.63) is 150 Å². The van der Waals surface area contributed by atoms with Crippen molar-refractivity contribution in [3.63, 3.8) is 0 Å². The first-order valence-corrected chi connectivity index (χ1v) is 12.0. The Kier molecular flexibility index (Phi) is 7.58. The van der Waals surface area contributed by atoms with Crippen molar-refractivity contribution < 1.29 is 0 Å². The molecule has 4 rings (SSSR count). The van der Waals surface area contributed by atoms with Gasteiger partial charge >= 0.3 is 0 Å². The summed E-state index contributed by atoms with van der Waals surface area (Å²) in [5.41, 5.74) is 5.57. The third-order valence-electron chi connectivity index (χ3n) is 6.77. The summed E-state index contributed by atoms with van der Waals surface area (Å²) in [7, 11) is 0. The lowest BCUT2D eigenvalue weighted by Crippen LogP contribution is -2.14. The van der Waals surface area contributed by atoms with Gasteiger partial charge < -0.3 is 0 Å². The van der Waals surface area contributed by atoms with Crippen LogP contribution in [0.5, 0.6) is 0 Å². The molecule has 0 nitrogen and oxygen atoms in total. The van der Waals surface area contributed by atoms with E-state index in [1.807, 2.05) is 6.07 Å². The third kappa shape index (κ3) is 6.33. The normalized spacial score (nSPS) is 20.1. The van der Waals surface area contributed by atoms with E-state index in [9.17, 15) is 0 Å². The zero-order chi connectivity index (χ0) is 22.9. The van der Waals surface area contributed by atoms with E-state index in [2.05, 4.69) is 141 Å². The van der Waals surface area contributed by atoms with Crippen LogP contribution in [0.25, 0.3) is 6.08 Å². The van der Waals surface area contributed by atoms with Crippen LogP contribution < -0.4 is 0 Å². The van der Waals surface area contributed by atoms with E-state index in [-0.39, 0.29) is 5.41 Å². The van der Waals surface area contributed by atoms with Gasteiger partial charge in [0, 0.05) is 5.41 Å². The van der Waals surface area contributed by atoms with Crippen molar-refractivity contribution in [2.24, 2.45) is 5.41 Å². The molecule has 0 N–H and O–H groups in total. The Morgan fingerprint density at radius 2 is 1.39 bits per heavy atom. The quantitative estimate of drug-likeness (QED) is 0.313. The minimum atomic E-state index is 0.0673. The summed E-state index contributed by atoms with van der Waals surface area (Å²) in [6.45, 7) is 4.68. The Bertz CT molecular complexity index is 1120.